The molecule has 1 N–H and O–H groups in total. The van der Waals surface area contributed by atoms with Gasteiger partial charge in [-0.05, 0) is 49.6 Å². The molecule has 1 atom stereocenters. The van der Waals surface area contributed by atoms with Crippen molar-refractivity contribution < 1.29 is 19.1 Å². The van der Waals surface area contributed by atoms with E-state index in [1.165, 1.54) is 11.2 Å². The molecule has 1 amide bonds. The molecular formula is C20H21NO4. The van der Waals surface area contributed by atoms with Crippen LogP contribution >= 0.6 is 0 Å². The average molecular weight is 339 g/mol. The first-order chi connectivity index (χ1) is 12.0. The van der Waals surface area contributed by atoms with E-state index in [1.807, 2.05) is 32.9 Å². The van der Waals surface area contributed by atoms with E-state index < -0.39 is 17.7 Å². The van der Waals surface area contributed by atoms with Gasteiger partial charge in [-0.2, -0.15) is 0 Å². The number of carbonyl (C=O) groups excluding carboxylic acids is 2. The number of likely N-dealkylation sites (tertiary alicyclic amines) is 1. The van der Waals surface area contributed by atoms with E-state index in [2.05, 4.69) is 0 Å². The van der Waals surface area contributed by atoms with Crippen molar-refractivity contribution in [3.63, 3.8) is 0 Å². The molecule has 1 fully saturated rings. The predicted octanol–water partition coefficient (Wildman–Crippen LogP) is 3.73. The highest BCUT2D eigenvalue weighted by molar-refractivity contribution is 6.46. The van der Waals surface area contributed by atoms with Gasteiger partial charge in [-0.3, -0.25) is 9.59 Å². The first kappa shape index (κ1) is 17.0. The fraction of sp³-hybridized carbons (Fsp3) is 0.300. The summed E-state index contributed by atoms with van der Waals surface area (Å²) in [6.07, 6.45) is 2.20. The monoisotopic (exact) mass is 339 g/mol. The van der Waals surface area contributed by atoms with E-state index in [0.29, 0.717) is 24.3 Å². The van der Waals surface area contributed by atoms with Crippen LogP contribution in [0.3, 0.4) is 0 Å². The zero-order valence-electron chi connectivity index (χ0n) is 14.6. The Morgan fingerprint density at radius 2 is 1.96 bits per heavy atom. The van der Waals surface area contributed by atoms with E-state index >= 15 is 0 Å². The standard InChI is InChI=1S/C20H21NO4/c1-4-9-21-17(15-6-5-10-25-15)16(19(23)20(21)24)18(22)14-8-7-12(2)13(3)11-14/h5-8,10-11,17,22H,4,9H2,1-3H3/b18-16-. The number of aliphatic hydroxyl groups excluding tert-OH is 1. The molecule has 1 aliphatic rings. The number of Topliss-reactive ketones (excluding diaryl/α,β-unsaturated/α-hetero) is 1. The normalized spacial score (nSPS) is 19.6. The molecular weight excluding hydrogens is 318 g/mol. The lowest BCUT2D eigenvalue weighted by Gasteiger charge is -2.22. The summed E-state index contributed by atoms with van der Waals surface area (Å²) >= 11 is 0. The molecule has 0 spiro atoms. The summed E-state index contributed by atoms with van der Waals surface area (Å²) in [5.74, 6) is -0.973. The van der Waals surface area contributed by atoms with Crippen LogP contribution in [0.5, 0.6) is 0 Å². The number of nitrogens with zero attached hydrogens (tertiary/aromatic N) is 1. The van der Waals surface area contributed by atoms with Gasteiger partial charge in [0.2, 0.25) is 0 Å². The summed E-state index contributed by atoms with van der Waals surface area (Å²) in [7, 11) is 0. The van der Waals surface area contributed by atoms with Gasteiger partial charge in [0.05, 0.1) is 11.8 Å². The van der Waals surface area contributed by atoms with Crippen LogP contribution in [0.2, 0.25) is 0 Å². The van der Waals surface area contributed by atoms with Gasteiger partial charge in [0.25, 0.3) is 11.7 Å². The van der Waals surface area contributed by atoms with Crippen molar-refractivity contribution in [2.24, 2.45) is 0 Å². The molecule has 2 aromatic rings. The number of aryl methyl sites for hydroxylation is 2. The Morgan fingerprint density at radius 3 is 2.56 bits per heavy atom. The third-order valence-electron chi connectivity index (χ3n) is 4.60. The molecule has 130 valence electrons. The summed E-state index contributed by atoms with van der Waals surface area (Å²) in [4.78, 5) is 26.5. The second kappa shape index (κ2) is 6.59. The van der Waals surface area contributed by atoms with Crippen LogP contribution in [0.15, 0.2) is 46.6 Å². The molecule has 1 aromatic carbocycles. The number of aliphatic hydroxyl groups is 1. The minimum absolute atomic E-state index is 0.0802. The highest BCUT2D eigenvalue weighted by Crippen LogP contribution is 2.39. The number of hydrogen-bond donors (Lipinski definition) is 1. The minimum Gasteiger partial charge on any atom is -0.507 e. The van der Waals surface area contributed by atoms with E-state index in [4.69, 9.17) is 4.42 Å². The SMILES string of the molecule is CCCN1C(=O)C(=O)/C(=C(\O)c2ccc(C)c(C)c2)C1c1ccco1. The van der Waals surface area contributed by atoms with Gasteiger partial charge < -0.3 is 14.4 Å². The number of carbonyl (C=O) groups is 2. The van der Waals surface area contributed by atoms with Crippen molar-refractivity contribution in [2.75, 3.05) is 6.54 Å². The maximum Gasteiger partial charge on any atom is 0.295 e. The molecule has 5 heteroatoms. The molecule has 25 heavy (non-hydrogen) atoms. The summed E-state index contributed by atoms with van der Waals surface area (Å²) < 4.78 is 5.46. The first-order valence-electron chi connectivity index (χ1n) is 8.35. The molecule has 0 aliphatic carbocycles. The van der Waals surface area contributed by atoms with Gasteiger partial charge in [-0.1, -0.05) is 19.1 Å². The third kappa shape index (κ3) is 2.86. The molecule has 0 bridgehead atoms. The van der Waals surface area contributed by atoms with Crippen LogP contribution in [0, 0.1) is 13.8 Å². The smallest absolute Gasteiger partial charge is 0.295 e. The van der Waals surface area contributed by atoms with Crippen molar-refractivity contribution in [3.05, 3.63) is 64.6 Å². The average Bonchev–Trinajstić information content (AvgIpc) is 3.19. The second-order valence-electron chi connectivity index (χ2n) is 6.31. The molecule has 1 saturated heterocycles. The zero-order chi connectivity index (χ0) is 18.1. The van der Waals surface area contributed by atoms with Crippen molar-refractivity contribution in [2.45, 2.75) is 33.2 Å². The predicted molar refractivity (Wildman–Crippen MR) is 93.9 cm³/mol. The summed E-state index contributed by atoms with van der Waals surface area (Å²) in [5.41, 5.74) is 2.69. The molecule has 2 heterocycles. The lowest BCUT2D eigenvalue weighted by molar-refractivity contribution is -0.140. The van der Waals surface area contributed by atoms with Gasteiger partial charge in [-0.15, -0.1) is 0 Å². The lowest BCUT2D eigenvalue weighted by Crippen LogP contribution is -2.30. The molecule has 1 aromatic heterocycles. The Balaban J connectivity index is 2.17. The maximum absolute atomic E-state index is 12.6. The summed E-state index contributed by atoms with van der Waals surface area (Å²) in [5, 5.41) is 10.8. The van der Waals surface area contributed by atoms with Crippen LogP contribution in [0.1, 0.15) is 41.8 Å². The second-order valence-corrected chi connectivity index (χ2v) is 6.31. The van der Waals surface area contributed by atoms with Crippen LogP contribution in [-0.2, 0) is 9.59 Å². The number of furan rings is 1. The van der Waals surface area contributed by atoms with Crippen molar-refractivity contribution in [1.29, 1.82) is 0 Å². The van der Waals surface area contributed by atoms with Crippen LogP contribution in [-0.4, -0.2) is 28.2 Å². The minimum atomic E-state index is -0.698. The molecule has 3 rings (SSSR count). The number of ketones is 1. The van der Waals surface area contributed by atoms with E-state index in [-0.39, 0.29) is 11.3 Å². The van der Waals surface area contributed by atoms with Gasteiger partial charge >= 0.3 is 0 Å². The molecule has 0 saturated carbocycles. The largest absolute Gasteiger partial charge is 0.507 e. The Hall–Kier alpha value is -2.82. The number of amides is 1. The Bertz CT molecular complexity index is 849. The number of benzene rings is 1. The zero-order valence-corrected chi connectivity index (χ0v) is 14.6. The number of hydrogen-bond acceptors (Lipinski definition) is 4. The summed E-state index contributed by atoms with van der Waals surface area (Å²) in [6, 6.07) is 8.18. The van der Waals surface area contributed by atoms with Gasteiger partial charge in [0.15, 0.2) is 0 Å². The van der Waals surface area contributed by atoms with Gasteiger partial charge in [-0.25, -0.2) is 0 Å². The van der Waals surface area contributed by atoms with Crippen LogP contribution in [0.25, 0.3) is 5.76 Å². The Morgan fingerprint density at radius 1 is 1.20 bits per heavy atom. The lowest BCUT2D eigenvalue weighted by atomic mass is 9.97. The van der Waals surface area contributed by atoms with Crippen molar-refractivity contribution >= 4 is 17.4 Å². The molecule has 1 aliphatic heterocycles. The van der Waals surface area contributed by atoms with Crippen molar-refractivity contribution in [3.8, 4) is 0 Å². The Kier molecular flexibility index (Phi) is 4.49. The fourth-order valence-corrected chi connectivity index (χ4v) is 3.14. The highest BCUT2D eigenvalue weighted by Gasteiger charge is 2.46. The fourth-order valence-electron chi connectivity index (χ4n) is 3.14. The van der Waals surface area contributed by atoms with Gasteiger partial charge in [0.1, 0.15) is 17.6 Å². The van der Waals surface area contributed by atoms with Gasteiger partial charge in [0, 0.05) is 12.1 Å². The quantitative estimate of drug-likeness (QED) is 0.523. The first-order valence-corrected chi connectivity index (χ1v) is 8.35. The van der Waals surface area contributed by atoms with E-state index in [0.717, 1.165) is 11.1 Å². The van der Waals surface area contributed by atoms with E-state index in [9.17, 15) is 14.7 Å². The Labute approximate surface area is 146 Å². The topological polar surface area (TPSA) is 70.8 Å². The van der Waals surface area contributed by atoms with Crippen LogP contribution < -0.4 is 0 Å². The molecule has 5 nitrogen and oxygen atoms in total. The maximum atomic E-state index is 12.6. The number of rotatable bonds is 4. The molecule has 1 unspecified atom stereocenters. The van der Waals surface area contributed by atoms with Crippen LogP contribution in [0.4, 0.5) is 0 Å². The van der Waals surface area contributed by atoms with Crippen molar-refractivity contribution in [1.82, 2.24) is 4.90 Å². The third-order valence-corrected chi connectivity index (χ3v) is 4.60. The molecule has 0 radical (unpaired) electrons. The summed E-state index contributed by atoms with van der Waals surface area (Å²) in [6.45, 7) is 6.26. The highest BCUT2D eigenvalue weighted by atomic mass is 16.3. The van der Waals surface area contributed by atoms with E-state index in [1.54, 1.807) is 18.2 Å².